The number of nitrogens with one attached hydrogen (secondary N) is 2. The van der Waals surface area contributed by atoms with Crippen molar-refractivity contribution in [1.29, 1.82) is 0 Å². The molecule has 0 aliphatic heterocycles. The van der Waals surface area contributed by atoms with Crippen molar-refractivity contribution in [1.82, 2.24) is 30.8 Å². The molecule has 1 aromatic heterocycles. The van der Waals surface area contributed by atoms with E-state index >= 15 is 0 Å². The number of amides is 3. The number of thioether (sulfide) groups is 1. The molecule has 1 aromatic carbocycles. The van der Waals surface area contributed by atoms with E-state index in [0.717, 1.165) is 23.9 Å². The minimum atomic E-state index is -4.79. The quantitative estimate of drug-likeness (QED) is 0.707. The van der Waals surface area contributed by atoms with E-state index in [0.29, 0.717) is 12.2 Å². The third-order valence-electron chi connectivity index (χ3n) is 2.98. The Bertz CT molecular complexity index is 796. The van der Waals surface area contributed by atoms with Gasteiger partial charge in [0.25, 0.3) is 0 Å². The van der Waals surface area contributed by atoms with Crippen LogP contribution in [-0.2, 0) is 4.79 Å². The number of imide groups is 1. The second kappa shape index (κ2) is 8.70. The van der Waals surface area contributed by atoms with Crippen molar-refractivity contribution < 1.29 is 27.5 Å². The number of benzene rings is 1. The van der Waals surface area contributed by atoms with E-state index in [-0.39, 0.29) is 10.9 Å². The van der Waals surface area contributed by atoms with Crippen LogP contribution in [0.25, 0.3) is 5.69 Å². The lowest BCUT2D eigenvalue weighted by molar-refractivity contribution is -0.274. The Morgan fingerprint density at radius 2 is 1.96 bits per heavy atom. The number of ether oxygens (including phenoxy) is 1. The summed E-state index contributed by atoms with van der Waals surface area (Å²) in [5.41, 5.74) is 0.369. The van der Waals surface area contributed by atoms with Crippen LogP contribution in [-0.4, -0.2) is 50.3 Å². The highest BCUT2D eigenvalue weighted by Gasteiger charge is 2.31. The first kappa shape index (κ1) is 20.5. The maximum absolute atomic E-state index is 12.2. The fourth-order valence-corrected chi connectivity index (χ4v) is 2.64. The van der Waals surface area contributed by atoms with E-state index in [9.17, 15) is 22.8 Å². The van der Waals surface area contributed by atoms with Gasteiger partial charge in [0.15, 0.2) is 0 Å². The summed E-state index contributed by atoms with van der Waals surface area (Å²) in [5.74, 6) is -0.933. The van der Waals surface area contributed by atoms with Crippen LogP contribution in [0.3, 0.4) is 0 Å². The summed E-state index contributed by atoms with van der Waals surface area (Å²) >= 11 is 0.978. The first-order valence-electron chi connectivity index (χ1n) is 7.59. The van der Waals surface area contributed by atoms with Crippen molar-refractivity contribution in [3.63, 3.8) is 0 Å². The molecule has 1 unspecified atom stereocenters. The molecule has 0 fully saturated rings. The summed E-state index contributed by atoms with van der Waals surface area (Å²) < 4.78 is 41.7. The molecule has 0 radical (unpaired) electrons. The molecule has 2 N–H and O–H groups in total. The van der Waals surface area contributed by atoms with Gasteiger partial charge in [-0.2, -0.15) is 4.68 Å². The van der Waals surface area contributed by atoms with E-state index < -0.39 is 23.6 Å². The van der Waals surface area contributed by atoms with Crippen molar-refractivity contribution in [2.45, 2.75) is 30.6 Å². The van der Waals surface area contributed by atoms with E-state index in [2.05, 4.69) is 30.9 Å². The van der Waals surface area contributed by atoms with Crippen LogP contribution in [0.4, 0.5) is 18.0 Å². The number of halogens is 3. The third-order valence-corrected chi connectivity index (χ3v) is 4.01. The number of hydrogen-bond donors (Lipinski definition) is 2. The van der Waals surface area contributed by atoms with Crippen LogP contribution in [0.1, 0.15) is 13.8 Å². The molecular formula is C14H15F3N6O3S. The average Bonchev–Trinajstić information content (AvgIpc) is 3.02. The lowest BCUT2D eigenvalue weighted by Crippen LogP contribution is -2.42. The number of tetrazole rings is 1. The molecule has 1 atom stereocenters. The molecule has 2 rings (SSSR count). The number of hydrogen-bond acceptors (Lipinski definition) is 7. The largest absolute Gasteiger partial charge is 0.573 e. The maximum Gasteiger partial charge on any atom is 0.573 e. The van der Waals surface area contributed by atoms with Crippen LogP contribution >= 0.6 is 11.8 Å². The van der Waals surface area contributed by atoms with E-state index in [1.165, 1.54) is 16.8 Å². The molecule has 146 valence electrons. The van der Waals surface area contributed by atoms with E-state index in [4.69, 9.17) is 0 Å². The second-order valence-electron chi connectivity index (χ2n) is 5.02. The first-order chi connectivity index (χ1) is 12.7. The number of rotatable bonds is 6. The highest BCUT2D eigenvalue weighted by molar-refractivity contribution is 8.00. The van der Waals surface area contributed by atoms with Gasteiger partial charge in [0, 0.05) is 6.54 Å². The Morgan fingerprint density at radius 3 is 2.56 bits per heavy atom. The Kier molecular flexibility index (Phi) is 6.60. The summed E-state index contributed by atoms with van der Waals surface area (Å²) in [6, 6.07) is 4.28. The molecule has 13 heteroatoms. The zero-order valence-corrected chi connectivity index (χ0v) is 15.0. The van der Waals surface area contributed by atoms with Gasteiger partial charge in [0.2, 0.25) is 11.1 Å². The van der Waals surface area contributed by atoms with Gasteiger partial charge in [-0.05, 0) is 48.5 Å². The van der Waals surface area contributed by atoms with Gasteiger partial charge in [-0.25, -0.2) is 4.79 Å². The topological polar surface area (TPSA) is 111 Å². The van der Waals surface area contributed by atoms with Crippen LogP contribution in [0.15, 0.2) is 29.4 Å². The second-order valence-corrected chi connectivity index (χ2v) is 6.33. The molecule has 0 saturated heterocycles. The van der Waals surface area contributed by atoms with Crippen molar-refractivity contribution in [2.24, 2.45) is 0 Å². The third kappa shape index (κ3) is 6.13. The normalized spacial score (nSPS) is 12.3. The molecule has 3 amide bonds. The minimum Gasteiger partial charge on any atom is -0.406 e. The van der Waals surface area contributed by atoms with Gasteiger partial charge in [0.1, 0.15) is 5.75 Å². The zero-order valence-electron chi connectivity index (χ0n) is 14.1. The highest BCUT2D eigenvalue weighted by Crippen LogP contribution is 2.26. The van der Waals surface area contributed by atoms with Crippen LogP contribution in [0.5, 0.6) is 5.75 Å². The Hall–Kier alpha value is -2.83. The highest BCUT2D eigenvalue weighted by atomic mass is 32.2. The summed E-state index contributed by atoms with van der Waals surface area (Å²) in [5, 5.41) is 15.2. The van der Waals surface area contributed by atoms with Crippen LogP contribution in [0, 0.1) is 0 Å². The van der Waals surface area contributed by atoms with Gasteiger partial charge < -0.3 is 10.1 Å². The first-order valence-corrected chi connectivity index (χ1v) is 8.47. The molecule has 2 aromatic rings. The Morgan fingerprint density at radius 1 is 1.30 bits per heavy atom. The Labute approximate surface area is 155 Å². The zero-order chi connectivity index (χ0) is 20.0. The monoisotopic (exact) mass is 404 g/mol. The average molecular weight is 404 g/mol. The fourth-order valence-electron chi connectivity index (χ4n) is 1.83. The van der Waals surface area contributed by atoms with Crippen molar-refractivity contribution in [3.8, 4) is 11.4 Å². The molecule has 0 spiro atoms. The lowest BCUT2D eigenvalue weighted by Gasteiger charge is -2.12. The predicted molar refractivity (Wildman–Crippen MR) is 88.4 cm³/mol. The van der Waals surface area contributed by atoms with Crippen LogP contribution in [0.2, 0.25) is 0 Å². The number of aromatic nitrogens is 4. The SMILES string of the molecule is CCNC(=O)NC(=O)C(C)Sc1nnnn1-c1ccc(OC(F)(F)F)cc1. The molecular weight excluding hydrogens is 389 g/mol. The predicted octanol–water partition coefficient (Wildman–Crippen LogP) is 1.89. The number of alkyl halides is 3. The van der Waals surface area contributed by atoms with Crippen molar-refractivity contribution in [3.05, 3.63) is 24.3 Å². The fraction of sp³-hybridized carbons (Fsp3) is 0.357. The van der Waals surface area contributed by atoms with Gasteiger partial charge in [0.05, 0.1) is 10.9 Å². The molecule has 0 saturated carbocycles. The summed E-state index contributed by atoms with van der Waals surface area (Å²) in [7, 11) is 0. The molecule has 0 aliphatic rings. The maximum atomic E-state index is 12.2. The van der Waals surface area contributed by atoms with Crippen molar-refractivity contribution >= 4 is 23.7 Å². The summed E-state index contributed by atoms with van der Waals surface area (Å²) in [4.78, 5) is 23.4. The van der Waals surface area contributed by atoms with Crippen molar-refractivity contribution in [2.75, 3.05) is 6.54 Å². The van der Waals surface area contributed by atoms with E-state index in [1.807, 2.05) is 0 Å². The molecule has 0 bridgehead atoms. The smallest absolute Gasteiger partial charge is 0.406 e. The molecule has 9 nitrogen and oxygen atoms in total. The number of carbonyl (C=O) groups is 2. The number of nitrogens with zero attached hydrogens (tertiary/aromatic N) is 4. The number of carbonyl (C=O) groups excluding carboxylic acids is 2. The Balaban J connectivity index is 2.07. The lowest BCUT2D eigenvalue weighted by atomic mass is 10.3. The van der Waals surface area contributed by atoms with Crippen LogP contribution < -0.4 is 15.4 Å². The van der Waals surface area contributed by atoms with E-state index in [1.54, 1.807) is 13.8 Å². The standard InChI is InChI=1S/C14H15F3N6O3S/c1-3-18-12(25)19-11(24)8(2)27-13-20-21-22-23(13)9-4-6-10(7-5-9)26-14(15,16)17/h4-8H,3H2,1-2H3,(H2,18,19,24,25). The molecule has 0 aliphatic carbocycles. The van der Waals surface area contributed by atoms with Gasteiger partial charge >= 0.3 is 12.4 Å². The minimum absolute atomic E-state index is 0.220. The summed E-state index contributed by atoms with van der Waals surface area (Å²) in [6.07, 6.45) is -4.79. The van der Waals surface area contributed by atoms with Gasteiger partial charge in [-0.3, -0.25) is 10.1 Å². The summed E-state index contributed by atoms with van der Waals surface area (Å²) in [6.45, 7) is 3.63. The molecule has 1 heterocycles. The number of urea groups is 1. The molecule has 27 heavy (non-hydrogen) atoms. The van der Waals surface area contributed by atoms with Gasteiger partial charge in [-0.1, -0.05) is 11.8 Å². The van der Waals surface area contributed by atoms with Gasteiger partial charge in [-0.15, -0.1) is 18.3 Å².